The molecule has 0 N–H and O–H groups in total. The molecule has 0 saturated carbocycles. The second-order valence-corrected chi connectivity index (χ2v) is 6.35. The van der Waals surface area contributed by atoms with Crippen molar-refractivity contribution in [3.05, 3.63) is 68.3 Å². The fraction of sp³-hybridized carbons (Fsp3) is 0.188. The Hall–Kier alpha value is -0.910. The number of rotatable bonds is 5. The lowest BCUT2D eigenvalue weighted by atomic mass is 10.1. The average molecular weight is 400 g/mol. The molecular formula is C16H15ClINO. The number of carbonyl (C=O) groups excluding carboxylic acids is 1. The lowest BCUT2D eigenvalue weighted by molar-refractivity contribution is 0.0943. The zero-order valence-corrected chi connectivity index (χ0v) is 14.1. The molecule has 4 heteroatoms. The molecule has 2 aromatic rings. The first-order chi connectivity index (χ1) is 9.56. The highest BCUT2D eigenvalue weighted by atomic mass is 127. The summed E-state index contributed by atoms with van der Waals surface area (Å²) in [6.45, 7) is 1.04. The Morgan fingerprint density at radius 3 is 2.45 bits per heavy atom. The third-order valence-corrected chi connectivity index (χ3v) is 4.07. The zero-order valence-electron chi connectivity index (χ0n) is 11.1. The van der Waals surface area contributed by atoms with Crippen LogP contribution in [0.3, 0.4) is 0 Å². The molecule has 2 rings (SSSR count). The SMILES string of the molecule is CN(CC(=O)c1ccc(I)cc1)Cc1ccccc1Cl. The molecule has 0 aliphatic heterocycles. The third-order valence-electron chi connectivity index (χ3n) is 2.98. The molecule has 20 heavy (non-hydrogen) atoms. The van der Waals surface area contributed by atoms with Crippen LogP contribution in [0, 0.1) is 3.57 Å². The van der Waals surface area contributed by atoms with Crippen LogP contribution >= 0.6 is 34.2 Å². The van der Waals surface area contributed by atoms with Gasteiger partial charge in [-0.05, 0) is 53.4 Å². The average Bonchev–Trinajstić information content (AvgIpc) is 2.42. The van der Waals surface area contributed by atoms with Crippen LogP contribution in [-0.2, 0) is 6.54 Å². The third kappa shape index (κ3) is 4.30. The van der Waals surface area contributed by atoms with Crippen LogP contribution in [0.15, 0.2) is 48.5 Å². The molecule has 0 fully saturated rings. The van der Waals surface area contributed by atoms with E-state index in [1.165, 1.54) is 0 Å². The van der Waals surface area contributed by atoms with Crippen molar-refractivity contribution in [1.29, 1.82) is 0 Å². The molecule has 0 atom stereocenters. The molecule has 0 unspecified atom stereocenters. The van der Waals surface area contributed by atoms with Gasteiger partial charge in [-0.3, -0.25) is 9.69 Å². The predicted octanol–water partition coefficient (Wildman–Crippen LogP) is 4.26. The quantitative estimate of drug-likeness (QED) is 0.553. The van der Waals surface area contributed by atoms with Crippen LogP contribution < -0.4 is 0 Å². The second-order valence-electron chi connectivity index (χ2n) is 4.69. The number of carbonyl (C=O) groups is 1. The van der Waals surface area contributed by atoms with E-state index in [1.807, 2.05) is 60.5 Å². The van der Waals surface area contributed by atoms with Crippen LogP contribution in [0.5, 0.6) is 0 Å². The van der Waals surface area contributed by atoms with E-state index >= 15 is 0 Å². The highest BCUT2D eigenvalue weighted by molar-refractivity contribution is 14.1. The Morgan fingerprint density at radius 1 is 1.15 bits per heavy atom. The highest BCUT2D eigenvalue weighted by Gasteiger charge is 2.10. The summed E-state index contributed by atoms with van der Waals surface area (Å²) in [7, 11) is 1.92. The van der Waals surface area contributed by atoms with Gasteiger partial charge in [-0.25, -0.2) is 0 Å². The van der Waals surface area contributed by atoms with Gasteiger partial charge in [0.2, 0.25) is 0 Å². The molecule has 0 spiro atoms. The minimum Gasteiger partial charge on any atom is -0.295 e. The number of benzene rings is 2. The van der Waals surface area contributed by atoms with Gasteiger partial charge in [-0.1, -0.05) is 41.9 Å². The van der Waals surface area contributed by atoms with Crippen LogP contribution in [-0.4, -0.2) is 24.3 Å². The van der Waals surface area contributed by atoms with Crippen molar-refractivity contribution in [3.63, 3.8) is 0 Å². The number of halogens is 2. The van der Waals surface area contributed by atoms with Crippen molar-refractivity contribution in [2.75, 3.05) is 13.6 Å². The molecule has 0 aliphatic carbocycles. The smallest absolute Gasteiger partial charge is 0.176 e. The van der Waals surface area contributed by atoms with E-state index < -0.39 is 0 Å². The van der Waals surface area contributed by atoms with Crippen molar-refractivity contribution in [3.8, 4) is 0 Å². The van der Waals surface area contributed by atoms with Gasteiger partial charge in [0.1, 0.15) is 0 Å². The molecular weight excluding hydrogens is 385 g/mol. The van der Waals surface area contributed by atoms with Gasteiger partial charge >= 0.3 is 0 Å². The summed E-state index contributed by atoms with van der Waals surface area (Å²) in [6, 6.07) is 15.3. The molecule has 2 nitrogen and oxygen atoms in total. The van der Waals surface area contributed by atoms with Crippen molar-refractivity contribution < 1.29 is 4.79 Å². The van der Waals surface area contributed by atoms with E-state index in [-0.39, 0.29) is 5.78 Å². The monoisotopic (exact) mass is 399 g/mol. The minimum absolute atomic E-state index is 0.121. The standard InChI is InChI=1S/C16H15ClINO/c1-19(10-13-4-2-3-5-15(13)17)11-16(20)12-6-8-14(18)9-7-12/h2-9H,10-11H2,1H3. The lowest BCUT2D eigenvalue weighted by Crippen LogP contribution is -2.25. The summed E-state index contributed by atoms with van der Waals surface area (Å²) in [5.41, 5.74) is 1.78. The molecule has 0 amide bonds. The summed E-state index contributed by atoms with van der Waals surface area (Å²) >= 11 is 8.35. The Bertz CT molecular complexity index is 598. The Morgan fingerprint density at radius 2 is 1.80 bits per heavy atom. The van der Waals surface area contributed by atoms with Crippen molar-refractivity contribution in [2.45, 2.75) is 6.54 Å². The molecule has 0 radical (unpaired) electrons. The van der Waals surface area contributed by atoms with E-state index in [4.69, 9.17) is 11.6 Å². The van der Waals surface area contributed by atoms with Crippen molar-refractivity contribution in [1.82, 2.24) is 4.90 Å². The maximum atomic E-state index is 12.2. The molecule has 0 heterocycles. The molecule has 0 saturated heterocycles. The number of likely N-dealkylation sites (N-methyl/N-ethyl adjacent to an activating group) is 1. The highest BCUT2D eigenvalue weighted by Crippen LogP contribution is 2.16. The maximum absolute atomic E-state index is 12.2. The van der Waals surface area contributed by atoms with Crippen molar-refractivity contribution >= 4 is 40.0 Å². The van der Waals surface area contributed by atoms with Gasteiger partial charge in [0.25, 0.3) is 0 Å². The van der Waals surface area contributed by atoms with Crippen LogP contribution in [0.25, 0.3) is 0 Å². The molecule has 0 aliphatic rings. The first kappa shape index (κ1) is 15.5. The number of Topliss-reactive ketones (excluding diaryl/α,β-unsaturated/α-hetero) is 1. The largest absolute Gasteiger partial charge is 0.295 e. The summed E-state index contributed by atoms with van der Waals surface area (Å²) in [5.74, 6) is 0.121. The summed E-state index contributed by atoms with van der Waals surface area (Å²) < 4.78 is 1.13. The first-order valence-corrected chi connectivity index (χ1v) is 7.72. The molecule has 0 aromatic heterocycles. The van der Waals surface area contributed by atoms with Gasteiger partial charge in [-0.2, -0.15) is 0 Å². The van der Waals surface area contributed by atoms with Crippen LogP contribution in [0.1, 0.15) is 15.9 Å². The fourth-order valence-corrected chi connectivity index (χ4v) is 2.50. The van der Waals surface area contributed by atoms with Gasteiger partial charge in [0.15, 0.2) is 5.78 Å². The maximum Gasteiger partial charge on any atom is 0.176 e. The van der Waals surface area contributed by atoms with E-state index in [9.17, 15) is 4.79 Å². The topological polar surface area (TPSA) is 20.3 Å². The Labute approximate surface area is 137 Å². The predicted molar refractivity (Wildman–Crippen MR) is 91.3 cm³/mol. The molecule has 0 bridgehead atoms. The summed E-state index contributed by atoms with van der Waals surface area (Å²) in [5, 5.41) is 0.737. The Kier molecular flexibility index (Phi) is 5.57. The number of hydrogen-bond acceptors (Lipinski definition) is 2. The van der Waals surface area contributed by atoms with Gasteiger partial charge < -0.3 is 0 Å². The second kappa shape index (κ2) is 7.20. The first-order valence-electron chi connectivity index (χ1n) is 6.27. The normalized spacial score (nSPS) is 10.8. The number of ketones is 1. The molecule has 104 valence electrons. The van der Waals surface area contributed by atoms with Gasteiger partial charge in [0, 0.05) is 20.7 Å². The number of nitrogens with zero attached hydrogens (tertiary/aromatic N) is 1. The fourth-order valence-electron chi connectivity index (χ4n) is 1.95. The van der Waals surface area contributed by atoms with Crippen molar-refractivity contribution in [2.24, 2.45) is 0 Å². The molecule has 2 aromatic carbocycles. The Balaban J connectivity index is 1.98. The minimum atomic E-state index is 0.121. The van der Waals surface area contributed by atoms with E-state index in [1.54, 1.807) is 0 Å². The number of hydrogen-bond donors (Lipinski definition) is 0. The summed E-state index contributed by atoms with van der Waals surface area (Å²) in [6.07, 6.45) is 0. The van der Waals surface area contributed by atoms with Gasteiger partial charge in [-0.15, -0.1) is 0 Å². The van der Waals surface area contributed by atoms with E-state index in [2.05, 4.69) is 22.6 Å². The van der Waals surface area contributed by atoms with Crippen LogP contribution in [0.4, 0.5) is 0 Å². The summed E-state index contributed by atoms with van der Waals surface area (Å²) in [4.78, 5) is 14.1. The van der Waals surface area contributed by atoms with E-state index in [0.29, 0.717) is 13.1 Å². The lowest BCUT2D eigenvalue weighted by Gasteiger charge is -2.16. The van der Waals surface area contributed by atoms with Gasteiger partial charge in [0.05, 0.1) is 6.54 Å². The van der Waals surface area contributed by atoms with E-state index in [0.717, 1.165) is 19.7 Å². The van der Waals surface area contributed by atoms with Crippen LogP contribution in [0.2, 0.25) is 5.02 Å². The zero-order chi connectivity index (χ0) is 14.5.